The molecule has 0 atom stereocenters. The highest BCUT2D eigenvalue weighted by Crippen LogP contribution is 2.25. The van der Waals surface area contributed by atoms with Crippen LogP contribution in [0.5, 0.6) is 0 Å². The highest BCUT2D eigenvalue weighted by Gasteiger charge is 2.30. The van der Waals surface area contributed by atoms with Gasteiger partial charge in [-0.15, -0.1) is 0 Å². The number of nitrogens with one attached hydrogen (secondary N) is 2. The van der Waals surface area contributed by atoms with E-state index in [1.165, 1.54) is 18.3 Å². The van der Waals surface area contributed by atoms with E-state index in [2.05, 4.69) is 15.3 Å². The van der Waals surface area contributed by atoms with Gasteiger partial charge in [0.2, 0.25) is 5.95 Å². The van der Waals surface area contributed by atoms with Crippen molar-refractivity contribution < 1.29 is 17.9 Å². The van der Waals surface area contributed by atoms with Crippen LogP contribution in [0.15, 0.2) is 44.8 Å². The molecule has 0 radical (unpaired) electrons. The fourth-order valence-corrected chi connectivity index (χ4v) is 3.61. The third-order valence-electron chi connectivity index (χ3n) is 5.52. The average molecular weight is 463 g/mol. The molecule has 0 amide bonds. The molecule has 1 fully saturated rings. The lowest BCUT2D eigenvalue weighted by Crippen LogP contribution is -2.47. The Labute approximate surface area is 184 Å². The third-order valence-corrected chi connectivity index (χ3v) is 5.52. The molecule has 2 heterocycles. The summed E-state index contributed by atoms with van der Waals surface area (Å²) in [5.74, 6) is -4.55. The first kappa shape index (κ1) is 22.5. The zero-order valence-electron chi connectivity index (χ0n) is 17.5. The van der Waals surface area contributed by atoms with Gasteiger partial charge in [0, 0.05) is 24.9 Å². The van der Waals surface area contributed by atoms with Gasteiger partial charge in [0.15, 0.2) is 17.5 Å². The maximum Gasteiger partial charge on any atom is 0.355 e. The summed E-state index contributed by atoms with van der Waals surface area (Å²) in [5.41, 5.74) is -2.15. The summed E-state index contributed by atoms with van der Waals surface area (Å²) < 4.78 is 47.8. The molecule has 1 saturated carbocycles. The van der Waals surface area contributed by atoms with Crippen LogP contribution in [-0.2, 0) is 17.8 Å². The van der Waals surface area contributed by atoms with Crippen molar-refractivity contribution in [3.8, 4) is 0 Å². The summed E-state index contributed by atoms with van der Waals surface area (Å²) in [4.78, 5) is 44.2. The first-order valence-corrected chi connectivity index (χ1v) is 10.1. The van der Waals surface area contributed by atoms with E-state index in [-0.39, 0.29) is 35.8 Å². The van der Waals surface area contributed by atoms with Gasteiger partial charge in [0.05, 0.1) is 19.2 Å². The predicted octanol–water partition coefficient (Wildman–Crippen LogP) is 1.20. The Balaban J connectivity index is 1.76. The number of pyridine rings is 1. The molecule has 0 unspecified atom stereocenters. The lowest BCUT2D eigenvalue weighted by Gasteiger charge is -2.35. The van der Waals surface area contributed by atoms with Gasteiger partial charge < -0.3 is 15.0 Å². The van der Waals surface area contributed by atoms with E-state index >= 15 is 0 Å². The number of benzene rings is 1. The van der Waals surface area contributed by atoms with Crippen molar-refractivity contribution in [1.82, 2.24) is 19.1 Å². The van der Waals surface area contributed by atoms with Gasteiger partial charge in [-0.3, -0.25) is 9.36 Å². The number of rotatable bonds is 7. The Hall–Kier alpha value is -3.67. The molecule has 0 spiro atoms. The Morgan fingerprint density at radius 1 is 1.12 bits per heavy atom. The van der Waals surface area contributed by atoms with E-state index in [9.17, 15) is 27.6 Å². The standard InChI is InChI=1S/C21H20F3N5O4/c1-33-14-7-13(8-14)26-19-27-20(31)29(10-12-3-2-4-25-18(12)30)21(32)28(19)9-11-5-15(22)17(24)16(23)6-11/h2-6,13-14H,7-10H2,1H3,(H,25,30)(H,26,27,31). The predicted molar refractivity (Wildman–Crippen MR) is 112 cm³/mol. The molecule has 2 aromatic heterocycles. The maximum atomic E-state index is 13.7. The second-order valence-corrected chi connectivity index (χ2v) is 7.74. The molecular formula is C21H20F3N5O4. The number of methoxy groups -OCH3 is 1. The summed E-state index contributed by atoms with van der Waals surface area (Å²) in [7, 11) is 1.57. The van der Waals surface area contributed by atoms with Crippen LogP contribution in [0.4, 0.5) is 19.1 Å². The van der Waals surface area contributed by atoms with E-state index in [1.54, 1.807) is 7.11 Å². The normalized spacial score (nSPS) is 17.6. The van der Waals surface area contributed by atoms with E-state index in [0.717, 1.165) is 21.3 Å². The number of nitrogens with zero attached hydrogens (tertiary/aromatic N) is 3. The van der Waals surface area contributed by atoms with Crippen LogP contribution < -0.4 is 22.3 Å². The SMILES string of the molecule is COC1CC(Nc2nc(=O)n(Cc3ccc[nH]c3=O)c(=O)n2Cc2cc(F)c(F)c(F)c2)C1. The Morgan fingerprint density at radius 3 is 2.45 bits per heavy atom. The second kappa shape index (κ2) is 9.06. The lowest BCUT2D eigenvalue weighted by molar-refractivity contribution is 0.0325. The number of ether oxygens (including phenoxy) is 1. The topological polar surface area (TPSA) is 111 Å². The summed E-state index contributed by atoms with van der Waals surface area (Å²) in [6.45, 7) is -0.753. The molecule has 3 aromatic rings. The van der Waals surface area contributed by atoms with E-state index in [0.29, 0.717) is 12.8 Å². The highest BCUT2D eigenvalue weighted by atomic mass is 19.2. The molecule has 4 rings (SSSR count). The van der Waals surface area contributed by atoms with E-state index in [1.807, 2.05) is 0 Å². The fraction of sp³-hybridized carbons (Fsp3) is 0.333. The van der Waals surface area contributed by atoms with Crippen LogP contribution in [-0.4, -0.2) is 38.4 Å². The minimum Gasteiger partial charge on any atom is -0.381 e. The first-order chi connectivity index (χ1) is 15.8. The molecule has 12 heteroatoms. The number of aromatic amines is 1. The molecule has 0 bridgehead atoms. The zero-order valence-corrected chi connectivity index (χ0v) is 17.5. The molecule has 2 N–H and O–H groups in total. The smallest absolute Gasteiger partial charge is 0.355 e. The molecule has 174 valence electrons. The van der Waals surface area contributed by atoms with E-state index < -0.39 is 40.9 Å². The number of anilines is 1. The lowest BCUT2D eigenvalue weighted by atomic mass is 9.89. The Kier molecular flexibility index (Phi) is 6.18. The van der Waals surface area contributed by atoms with Crippen LogP contribution in [0.2, 0.25) is 0 Å². The molecule has 0 saturated heterocycles. The van der Waals surface area contributed by atoms with Gasteiger partial charge in [-0.05, 0) is 36.6 Å². The molecule has 1 aliphatic rings. The summed E-state index contributed by atoms with van der Waals surface area (Å²) in [6.07, 6.45) is 2.64. The van der Waals surface area contributed by atoms with Gasteiger partial charge in [-0.25, -0.2) is 27.3 Å². The van der Waals surface area contributed by atoms with Crippen molar-refractivity contribution in [2.24, 2.45) is 0 Å². The monoisotopic (exact) mass is 463 g/mol. The summed E-state index contributed by atoms with van der Waals surface area (Å²) in [5, 5.41) is 2.99. The zero-order chi connectivity index (χ0) is 23.7. The van der Waals surface area contributed by atoms with Crippen LogP contribution in [0.25, 0.3) is 0 Å². The molecule has 33 heavy (non-hydrogen) atoms. The number of aromatic nitrogens is 4. The van der Waals surface area contributed by atoms with Crippen molar-refractivity contribution in [3.05, 3.63) is 90.4 Å². The molecule has 0 aliphatic heterocycles. The Bertz CT molecular complexity index is 1340. The quantitative estimate of drug-likeness (QED) is 0.510. The van der Waals surface area contributed by atoms with Crippen LogP contribution in [0, 0.1) is 17.5 Å². The van der Waals surface area contributed by atoms with Gasteiger partial charge in [-0.2, -0.15) is 4.98 Å². The molecular weight excluding hydrogens is 443 g/mol. The van der Waals surface area contributed by atoms with Crippen LogP contribution in [0.1, 0.15) is 24.0 Å². The van der Waals surface area contributed by atoms with E-state index in [4.69, 9.17) is 4.74 Å². The maximum absolute atomic E-state index is 13.7. The van der Waals surface area contributed by atoms with Crippen molar-refractivity contribution in [3.63, 3.8) is 0 Å². The van der Waals surface area contributed by atoms with Gasteiger partial charge in [0.25, 0.3) is 5.56 Å². The molecule has 1 aromatic carbocycles. The average Bonchev–Trinajstić information content (AvgIpc) is 2.75. The van der Waals surface area contributed by atoms with Crippen molar-refractivity contribution in [2.75, 3.05) is 12.4 Å². The van der Waals surface area contributed by atoms with Crippen molar-refractivity contribution in [1.29, 1.82) is 0 Å². The minimum absolute atomic E-state index is 0.0214. The number of hydrogen-bond donors (Lipinski definition) is 2. The molecule has 9 nitrogen and oxygen atoms in total. The number of hydrogen-bond acceptors (Lipinski definition) is 6. The number of H-pyrrole nitrogens is 1. The van der Waals surface area contributed by atoms with Crippen LogP contribution >= 0.6 is 0 Å². The first-order valence-electron chi connectivity index (χ1n) is 10.1. The van der Waals surface area contributed by atoms with Crippen molar-refractivity contribution in [2.45, 2.75) is 38.1 Å². The largest absolute Gasteiger partial charge is 0.381 e. The second-order valence-electron chi connectivity index (χ2n) is 7.74. The van der Waals surface area contributed by atoms with Crippen molar-refractivity contribution >= 4 is 5.95 Å². The van der Waals surface area contributed by atoms with Gasteiger partial charge in [-0.1, -0.05) is 6.07 Å². The highest BCUT2D eigenvalue weighted by molar-refractivity contribution is 5.30. The van der Waals surface area contributed by atoms with Gasteiger partial charge >= 0.3 is 11.4 Å². The number of halogens is 3. The minimum atomic E-state index is -1.63. The third kappa shape index (κ3) is 4.60. The molecule has 1 aliphatic carbocycles. The van der Waals surface area contributed by atoms with Crippen LogP contribution in [0.3, 0.4) is 0 Å². The summed E-state index contributed by atoms with van der Waals surface area (Å²) in [6, 6.07) is 4.37. The summed E-state index contributed by atoms with van der Waals surface area (Å²) >= 11 is 0. The Morgan fingerprint density at radius 2 is 1.82 bits per heavy atom. The van der Waals surface area contributed by atoms with Gasteiger partial charge in [0.1, 0.15) is 0 Å². The fourth-order valence-electron chi connectivity index (χ4n) is 3.61.